The van der Waals surface area contributed by atoms with E-state index in [1.54, 1.807) is 12.8 Å². The van der Waals surface area contributed by atoms with E-state index in [0.29, 0.717) is 5.41 Å². The molecule has 0 bridgehead atoms. The number of ether oxygens (including phenoxy) is 1. The zero-order valence-corrected chi connectivity index (χ0v) is 19.0. The lowest BCUT2D eigenvalue weighted by atomic mass is 9.49. The van der Waals surface area contributed by atoms with E-state index in [-0.39, 0.29) is 0 Å². The molecule has 0 heterocycles. The third-order valence-corrected chi connectivity index (χ3v) is 10.6. The number of halogens is 1. The fourth-order valence-electron chi connectivity index (χ4n) is 8.47. The minimum atomic E-state index is 0.646. The van der Waals surface area contributed by atoms with E-state index < -0.39 is 0 Å². The van der Waals surface area contributed by atoms with E-state index in [2.05, 4.69) is 36.7 Å². The standard InChI is InChI=1S/C24H41BrO/c1-4-26-15-17-5-7-19-18(13-17)6-8-21-20(19)11-12-24(3)22(16(2)14-25)9-10-23(21)24/h16-23H,4-15H2,1-3H3/t16?,17-,18+,19-,20+,21+,22+,23-,24+/m0/s1. The molecule has 150 valence electrons. The molecule has 1 nitrogen and oxygen atoms in total. The van der Waals surface area contributed by atoms with Crippen LogP contribution in [0.3, 0.4) is 0 Å². The molecule has 1 unspecified atom stereocenters. The lowest BCUT2D eigenvalue weighted by Crippen LogP contribution is -2.49. The number of alkyl halides is 1. The van der Waals surface area contributed by atoms with Crippen molar-refractivity contribution in [2.24, 2.45) is 52.8 Å². The Morgan fingerprint density at radius 2 is 1.81 bits per heavy atom. The van der Waals surface area contributed by atoms with Crippen LogP contribution in [0.25, 0.3) is 0 Å². The minimum absolute atomic E-state index is 0.646. The van der Waals surface area contributed by atoms with Gasteiger partial charge in [-0.25, -0.2) is 0 Å². The zero-order valence-electron chi connectivity index (χ0n) is 17.4. The molecule has 4 aliphatic carbocycles. The molecule has 4 fully saturated rings. The lowest BCUT2D eigenvalue weighted by Gasteiger charge is -2.56. The van der Waals surface area contributed by atoms with Crippen molar-refractivity contribution in [3.8, 4) is 0 Å². The van der Waals surface area contributed by atoms with Crippen molar-refractivity contribution in [3.63, 3.8) is 0 Å². The molecular weight excluding hydrogens is 384 g/mol. The molecule has 0 aliphatic heterocycles. The summed E-state index contributed by atoms with van der Waals surface area (Å²) in [5.74, 6) is 7.93. The van der Waals surface area contributed by atoms with E-state index in [1.165, 1.54) is 50.3 Å². The van der Waals surface area contributed by atoms with E-state index in [0.717, 1.165) is 60.6 Å². The Balaban J connectivity index is 1.44. The summed E-state index contributed by atoms with van der Waals surface area (Å²) in [7, 11) is 0. The van der Waals surface area contributed by atoms with Crippen molar-refractivity contribution in [1.82, 2.24) is 0 Å². The Morgan fingerprint density at radius 1 is 1.00 bits per heavy atom. The maximum atomic E-state index is 5.77. The van der Waals surface area contributed by atoms with Crippen molar-refractivity contribution in [2.75, 3.05) is 18.5 Å². The van der Waals surface area contributed by atoms with Crippen LogP contribution in [0.1, 0.15) is 78.6 Å². The molecule has 0 aromatic carbocycles. The van der Waals surface area contributed by atoms with Gasteiger partial charge in [-0.1, -0.05) is 29.8 Å². The first kappa shape index (κ1) is 19.7. The molecule has 0 amide bonds. The van der Waals surface area contributed by atoms with Crippen molar-refractivity contribution in [1.29, 1.82) is 0 Å². The Bertz CT molecular complexity index is 479. The fourth-order valence-corrected chi connectivity index (χ4v) is 8.92. The first-order chi connectivity index (χ1) is 12.6. The van der Waals surface area contributed by atoms with Gasteiger partial charge in [0.05, 0.1) is 0 Å². The van der Waals surface area contributed by atoms with Gasteiger partial charge in [0.15, 0.2) is 0 Å². The highest BCUT2D eigenvalue weighted by Gasteiger charge is 2.57. The SMILES string of the molecule is CCOC[C@H]1CC[C@H]2[C@H](CC[C@@H]3[C@@H]2CC[C@]2(C)[C@@H](C(C)CBr)CC[C@@H]32)C1. The van der Waals surface area contributed by atoms with E-state index >= 15 is 0 Å². The molecule has 0 aromatic rings. The quantitative estimate of drug-likeness (QED) is 0.434. The summed E-state index contributed by atoms with van der Waals surface area (Å²) in [5, 5.41) is 1.19. The topological polar surface area (TPSA) is 9.23 Å². The first-order valence-corrected chi connectivity index (χ1v) is 12.8. The monoisotopic (exact) mass is 424 g/mol. The van der Waals surface area contributed by atoms with E-state index in [1.807, 2.05) is 0 Å². The van der Waals surface area contributed by atoms with Crippen molar-refractivity contribution < 1.29 is 4.74 Å². The molecule has 0 N–H and O–H groups in total. The van der Waals surface area contributed by atoms with Crippen LogP contribution in [0.4, 0.5) is 0 Å². The lowest BCUT2D eigenvalue weighted by molar-refractivity contribution is -0.0767. The normalized spacial score (nSPS) is 49.2. The van der Waals surface area contributed by atoms with Crippen molar-refractivity contribution >= 4 is 15.9 Å². The number of hydrogen-bond acceptors (Lipinski definition) is 1. The van der Waals surface area contributed by atoms with Crippen LogP contribution in [0.5, 0.6) is 0 Å². The molecule has 0 spiro atoms. The van der Waals surface area contributed by atoms with E-state index in [9.17, 15) is 0 Å². The Hall–Kier alpha value is 0.440. The number of fused-ring (bicyclic) bond motifs is 5. The highest BCUT2D eigenvalue weighted by Crippen LogP contribution is 2.65. The molecule has 26 heavy (non-hydrogen) atoms. The van der Waals surface area contributed by atoms with Gasteiger partial charge in [-0.15, -0.1) is 0 Å². The summed E-state index contributed by atoms with van der Waals surface area (Å²) in [6.45, 7) is 9.25. The third kappa shape index (κ3) is 3.34. The van der Waals surface area contributed by atoms with Gasteiger partial charge in [0.25, 0.3) is 0 Å². The molecule has 0 radical (unpaired) electrons. The van der Waals surface area contributed by atoms with Gasteiger partial charge >= 0.3 is 0 Å². The van der Waals surface area contributed by atoms with Gasteiger partial charge in [-0.3, -0.25) is 0 Å². The maximum absolute atomic E-state index is 5.77. The molecule has 4 saturated carbocycles. The predicted octanol–water partition coefficient (Wildman–Crippen LogP) is 6.94. The highest BCUT2D eigenvalue weighted by atomic mass is 79.9. The molecule has 0 aromatic heterocycles. The van der Waals surface area contributed by atoms with Crippen LogP contribution in [0.2, 0.25) is 0 Å². The number of hydrogen-bond donors (Lipinski definition) is 0. The Labute approximate surface area is 170 Å². The third-order valence-electron chi connectivity index (χ3n) is 9.62. The van der Waals surface area contributed by atoms with Gasteiger partial charge in [-0.2, -0.15) is 0 Å². The maximum Gasteiger partial charge on any atom is 0.0494 e. The smallest absolute Gasteiger partial charge is 0.0494 e. The summed E-state index contributed by atoms with van der Waals surface area (Å²) in [6, 6.07) is 0. The largest absolute Gasteiger partial charge is 0.381 e. The average Bonchev–Trinajstić information content (AvgIpc) is 3.02. The second-order valence-corrected chi connectivity index (χ2v) is 11.3. The predicted molar refractivity (Wildman–Crippen MR) is 114 cm³/mol. The van der Waals surface area contributed by atoms with Crippen LogP contribution in [0.15, 0.2) is 0 Å². The Kier molecular flexibility index (Phi) is 6.11. The number of rotatable bonds is 5. The summed E-state index contributed by atoms with van der Waals surface area (Å²) >= 11 is 3.79. The van der Waals surface area contributed by atoms with Crippen LogP contribution < -0.4 is 0 Å². The van der Waals surface area contributed by atoms with Crippen LogP contribution in [-0.4, -0.2) is 18.5 Å². The summed E-state index contributed by atoms with van der Waals surface area (Å²) in [5.41, 5.74) is 0.646. The van der Waals surface area contributed by atoms with Crippen LogP contribution >= 0.6 is 15.9 Å². The Morgan fingerprint density at radius 3 is 2.58 bits per heavy atom. The molecule has 0 saturated heterocycles. The van der Waals surface area contributed by atoms with E-state index in [4.69, 9.17) is 4.74 Å². The molecule has 4 aliphatic rings. The highest BCUT2D eigenvalue weighted by molar-refractivity contribution is 9.09. The van der Waals surface area contributed by atoms with Crippen molar-refractivity contribution in [3.05, 3.63) is 0 Å². The molecule has 9 atom stereocenters. The summed E-state index contributed by atoms with van der Waals surface area (Å²) < 4.78 is 5.77. The summed E-state index contributed by atoms with van der Waals surface area (Å²) in [6.07, 6.45) is 13.6. The average molecular weight is 425 g/mol. The van der Waals surface area contributed by atoms with Crippen LogP contribution in [-0.2, 0) is 4.74 Å². The van der Waals surface area contributed by atoms with Crippen molar-refractivity contribution in [2.45, 2.75) is 78.6 Å². The van der Waals surface area contributed by atoms with Gasteiger partial charge in [0.2, 0.25) is 0 Å². The van der Waals surface area contributed by atoms with Gasteiger partial charge < -0.3 is 4.74 Å². The van der Waals surface area contributed by atoms with Crippen LogP contribution in [0, 0.1) is 52.8 Å². The summed E-state index contributed by atoms with van der Waals surface area (Å²) in [4.78, 5) is 0. The van der Waals surface area contributed by atoms with Gasteiger partial charge in [-0.05, 0) is 117 Å². The molecular formula is C24H41BrO. The second kappa shape index (κ2) is 8.05. The fraction of sp³-hybridized carbons (Fsp3) is 1.00. The zero-order chi connectivity index (χ0) is 18.3. The molecule has 2 heteroatoms. The second-order valence-electron chi connectivity index (χ2n) is 10.6. The first-order valence-electron chi connectivity index (χ1n) is 11.7. The van der Waals surface area contributed by atoms with Gasteiger partial charge in [0, 0.05) is 18.5 Å². The molecule has 4 rings (SSSR count). The van der Waals surface area contributed by atoms with Gasteiger partial charge in [0.1, 0.15) is 0 Å². The minimum Gasteiger partial charge on any atom is -0.381 e.